The second-order valence-electron chi connectivity index (χ2n) is 5.58. The molecule has 1 heterocycles. The highest BCUT2D eigenvalue weighted by Crippen LogP contribution is 2.27. The van der Waals surface area contributed by atoms with Gasteiger partial charge in [0.15, 0.2) is 5.82 Å². The van der Waals surface area contributed by atoms with Crippen LogP contribution in [0.3, 0.4) is 0 Å². The van der Waals surface area contributed by atoms with Crippen LogP contribution in [0, 0.1) is 6.92 Å². The molecule has 0 N–H and O–H groups in total. The van der Waals surface area contributed by atoms with Crippen molar-refractivity contribution in [1.29, 1.82) is 0 Å². The number of carbonyl (C=O) groups is 1. The second kappa shape index (κ2) is 9.32. The van der Waals surface area contributed by atoms with Crippen molar-refractivity contribution >= 4 is 17.7 Å². The van der Waals surface area contributed by atoms with E-state index in [2.05, 4.69) is 14.9 Å². The molecule has 0 aliphatic heterocycles. The van der Waals surface area contributed by atoms with Crippen molar-refractivity contribution in [3.05, 3.63) is 71.4 Å². The van der Waals surface area contributed by atoms with Crippen molar-refractivity contribution in [2.75, 3.05) is 0 Å². The molecule has 28 heavy (non-hydrogen) atoms. The number of para-hydroxylation sites is 1. The fourth-order valence-electron chi connectivity index (χ4n) is 2.35. The molecule has 0 saturated carbocycles. The number of nitrogens with zero attached hydrogens (tertiary/aromatic N) is 2. The van der Waals surface area contributed by atoms with Gasteiger partial charge < -0.3 is 14.0 Å². The normalized spacial score (nSPS) is 10.9. The van der Waals surface area contributed by atoms with Crippen LogP contribution in [0.25, 0.3) is 0 Å². The smallest absolute Gasteiger partial charge is 0.387 e. The van der Waals surface area contributed by atoms with Crippen molar-refractivity contribution in [2.24, 2.45) is 0 Å². The Morgan fingerprint density at radius 1 is 1.18 bits per heavy atom. The Morgan fingerprint density at radius 3 is 2.68 bits per heavy atom. The van der Waals surface area contributed by atoms with Gasteiger partial charge in [-0.2, -0.15) is 13.8 Å². The van der Waals surface area contributed by atoms with E-state index in [0.29, 0.717) is 33.5 Å². The number of benzene rings is 2. The average Bonchev–Trinajstić information content (AvgIpc) is 3.10. The zero-order chi connectivity index (χ0) is 19.9. The van der Waals surface area contributed by atoms with Gasteiger partial charge >= 0.3 is 12.6 Å². The lowest BCUT2D eigenvalue weighted by molar-refractivity contribution is -0.0510. The van der Waals surface area contributed by atoms with E-state index in [1.807, 2.05) is 0 Å². The molecule has 0 bridgehead atoms. The molecule has 0 saturated heterocycles. The molecule has 3 aromatic rings. The number of alkyl halides is 2. The van der Waals surface area contributed by atoms with Crippen LogP contribution in [-0.2, 0) is 17.1 Å². The summed E-state index contributed by atoms with van der Waals surface area (Å²) in [5.74, 6) is 0.782. The van der Waals surface area contributed by atoms with Crippen LogP contribution in [0.4, 0.5) is 8.78 Å². The number of aryl methyl sites for hydroxylation is 1. The zero-order valence-electron chi connectivity index (χ0n) is 14.8. The Labute approximate surface area is 163 Å². The molecular weight excluding hydrogens is 390 g/mol. The van der Waals surface area contributed by atoms with Crippen molar-refractivity contribution in [1.82, 2.24) is 10.1 Å². The number of thioether (sulfide) groups is 1. The molecule has 0 atom stereocenters. The lowest BCUT2D eigenvalue weighted by atomic mass is 10.2. The van der Waals surface area contributed by atoms with Gasteiger partial charge in [0.05, 0.1) is 11.3 Å². The van der Waals surface area contributed by atoms with E-state index < -0.39 is 12.6 Å². The largest absolute Gasteiger partial charge is 0.457 e. The highest BCUT2D eigenvalue weighted by atomic mass is 32.2. The molecule has 0 spiro atoms. The number of carbonyl (C=O) groups excluding carboxylic acids is 1. The van der Waals surface area contributed by atoms with Crippen molar-refractivity contribution < 1.29 is 27.6 Å². The monoisotopic (exact) mass is 406 g/mol. The first-order chi connectivity index (χ1) is 13.5. The first kappa shape index (κ1) is 19.8. The zero-order valence-corrected chi connectivity index (χ0v) is 15.6. The predicted molar refractivity (Wildman–Crippen MR) is 97.2 cm³/mol. The van der Waals surface area contributed by atoms with Gasteiger partial charge in [0, 0.05) is 10.5 Å². The van der Waals surface area contributed by atoms with Crippen LogP contribution >= 0.6 is 11.8 Å². The molecule has 1 aromatic heterocycles. The average molecular weight is 406 g/mol. The number of hydrogen-bond acceptors (Lipinski definition) is 7. The summed E-state index contributed by atoms with van der Waals surface area (Å²) >= 11 is 1.35. The van der Waals surface area contributed by atoms with E-state index in [9.17, 15) is 13.6 Å². The summed E-state index contributed by atoms with van der Waals surface area (Å²) in [5, 5.41) is 3.72. The standard InChI is InChI=1S/C19H16F2N2O4S/c1-12-22-17(27-23-12)11-28-16-9-5-3-7-14(16)18(24)25-10-13-6-2-4-8-15(13)26-19(20)21/h2-9,19H,10-11H2,1H3. The number of hydrogen-bond donors (Lipinski definition) is 0. The Hall–Kier alpha value is -2.94. The molecule has 146 valence electrons. The summed E-state index contributed by atoms with van der Waals surface area (Å²) in [6.45, 7) is -1.43. The summed E-state index contributed by atoms with van der Waals surface area (Å²) < 4.78 is 39.8. The Kier molecular flexibility index (Phi) is 6.59. The molecular formula is C19H16F2N2O4S. The van der Waals surface area contributed by atoms with Crippen LogP contribution in [0.1, 0.15) is 27.6 Å². The molecule has 0 aliphatic carbocycles. The minimum Gasteiger partial charge on any atom is -0.457 e. The third-order valence-electron chi connectivity index (χ3n) is 3.58. The van der Waals surface area contributed by atoms with Gasteiger partial charge in [-0.25, -0.2) is 4.79 Å². The maximum absolute atomic E-state index is 12.5. The van der Waals surface area contributed by atoms with Gasteiger partial charge in [-0.3, -0.25) is 0 Å². The first-order valence-electron chi connectivity index (χ1n) is 8.24. The quantitative estimate of drug-likeness (QED) is 0.399. The van der Waals surface area contributed by atoms with Gasteiger partial charge in [0.1, 0.15) is 12.4 Å². The van der Waals surface area contributed by atoms with Gasteiger partial charge in [0.25, 0.3) is 0 Å². The van der Waals surface area contributed by atoms with Crippen molar-refractivity contribution in [2.45, 2.75) is 30.8 Å². The number of halogens is 2. The Bertz CT molecular complexity index is 949. The predicted octanol–water partition coefficient (Wildman–Crippen LogP) is 4.63. The summed E-state index contributed by atoms with van der Waals surface area (Å²) in [6.07, 6.45) is 0. The van der Waals surface area contributed by atoms with Crippen LogP contribution in [-0.4, -0.2) is 22.7 Å². The van der Waals surface area contributed by atoms with Gasteiger partial charge in [-0.15, -0.1) is 11.8 Å². The molecule has 2 aromatic carbocycles. The Balaban J connectivity index is 1.66. The van der Waals surface area contributed by atoms with Gasteiger partial charge in [-0.05, 0) is 25.1 Å². The summed E-state index contributed by atoms with van der Waals surface area (Å²) in [6, 6.07) is 13.1. The van der Waals surface area contributed by atoms with E-state index in [1.54, 1.807) is 49.4 Å². The first-order valence-corrected chi connectivity index (χ1v) is 9.22. The number of rotatable bonds is 8. The summed E-state index contributed by atoms with van der Waals surface area (Å²) in [5.41, 5.74) is 0.707. The number of esters is 1. The van der Waals surface area contributed by atoms with E-state index >= 15 is 0 Å². The topological polar surface area (TPSA) is 74.5 Å². The number of aromatic nitrogens is 2. The molecule has 0 radical (unpaired) electrons. The van der Waals surface area contributed by atoms with E-state index in [1.165, 1.54) is 17.8 Å². The van der Waals surface area contributed by atoms with Crippen LogP contribution in [0.5, 0.6) is 5.75 Å². The van der Waals surface area contributed by atoms with E-state index in [-0.39, 0.29) is 12.4 Å². The molecule has 0 amide bonds. The molecule has 9 heteroatoms. The minimum atomic E-state index is -2.96. The SMILES string of the molecule is Cc1noc(CSc2ccccc2C(=O)OCc2ccccc2OC(F)F)n1. The van der Waals surface area contributed by atoms with E-state index in [4.69, 9.17) is 9.26 Å². The minimum absolute atomic E-state index is 0.0280. The van der Waals surface area contributed by atoms with Crippen LogP contribution < -0.4 is 4.74 Å². The maximum Gasteiger partial charge on any atom is 0.387 e. The van der Waals surface area contributed by atoms with Gasteiger partial charge in [-0.1, -0.05) is 35.5 Å². The maximum atomic E-state index is 12.5. The fraction of sp³-hybridized carbons (Fsp3) is 0.211. The lowest BCUT2D eigenvalue weighted by Crippen LogP contribution is -2.09. The lowest BCUT2D eigenvalue weighted by Gasteiger charge is -2.12. The fourth-order valence-corrected chi connectivity index (χ4v) is 3.23. The molecule has 0 aliphatic rings. The highest BCUT2D eigenvalue weighted by molar-refractivity contribution is 7.98. The summed E-state index contributed by atoms with van der Waals surface area (Å²) in [4.78, 5) is 17.3. The Morgan fingerprint density at radius 2 is 1.93 bits per heavy atom. The van der Waals surface area contributed by atoms with Crippen LogP contribution in [0.15, 0.2) is 57.9 Å². The third kappa shape index (κ3) is 5.29. The molecule has 0 unspecified atom stereocenters. The summed E-state index contributed by atoms with van der Waals surface area (Å²) in [7, 11) is 0. The second-order valence-corrected chi connectivity index (χ2v) is 6.60. The molecule has 6 nitrogen and oxygen atoms in total. The number of ether oxygens (including phenoxy) is 2. The van der Waals surface area contributed by atoms with Crippen LogP contribution in [0.2, 0.25) is 0 Å². The highest BCUT2D eigenvalue weighted by Gasteiger charge is 2.16. The molecule has 0 fully saturated rings. The van der Waals surface area contributed by atoms with E-state index in [0.717, 1.165) is 0 Å². The van der Waals surface area contributed by atoms with Gasteiger partial charge in [0.2, 0.25) is 5.89 Å². The van der Waals surface area contributed by atoms with Crippen molar-refractivity contribution in [3.63, 3.8) is 0 Å². The van der Waals surface area contributed by atoms with Crippen molar-refractivity contribution in [3.8, 4) is 5.75 Å². The third-order valence-corrected chi connectivity index (χ3v) is 4.63. The molecule has 3 rings (SSSR count).